The molecular weight excluding hydrogens is 619 g/mol. The van der Waals surface area contributed by atoms with Gasteiger partial charge in [0.15, 0.2) is 0 Å². The zero-order valence-corrected chi connectivity index (χ0v) is 34.0. The average Bonchev–Trinajstić information content (AvgIpc) is 3.60. The zero-order chi connectivity index (χ0) is 36.5. The summed E-state index contributed by atoms with van der Waals surface area (Å²) in [6.07, 6.45) is 38.8. The molecule has 0 aliphatic carbocycles. The van der Waals surface area contributed by atoms with Crippen molar-refractivity contribution < 1.29 is 14.1 Å². The van der Waals surface area contributed by atoms with Crippen LogP contribution in [0.4, 0.5) is 0 Å². The Morgan fingerprint density at radius 3 is 1.46 bits per heavy atom. The molecule has 0 saturated heterocycles. The molecule has 1 aromatic heterocycles. The molecule has 50 heavy (non-hydrogen) atoms. The number of hydrogen-bond acceptors (Lipinski definition) is 3. The lowest BCUT2D eigenvalue weighted by atomic mass is 10.0. The number of amides is 2. The third-order valence-corrected chi connectivity index (χ3v) is 10.2. The highest BCUT2D eigenvalue weighted by molar-refractivity contribution is 5.87. The lowest BCUT2D eigenvalue weighted by molar-refractivity contribution is -0.870. The standard InChI is InChI=1S/C43H83N5O2/c1-6-8-10-12-14-16-18-20-22-24-26-30-34-47(35-31-27-25-23-21-19-17-15-13-11-9-7-2)43(50)41(37-40-38-44-39-45-40)46-42(49)33-29-28-32-36-48(3,4)5/h38-39,41H,6-37H2,1-5H3,(H-,44,45,46,49)/p+1/t41-/m0/s1. The number of carbonyl (C=O) groups excluding carboxylic acids is 2. The molecule has 0 unspecified atom stereocenters. The highest BCUT2D eigenvalue weighted by Gasteiger charge is 2.26. The van der Waals surface area contributed by atoms with Crippen molar-refractivity contribution in [3.63, 3.8) is 0 Å². The molecule has 0 aliphatic heterocycles. The summed E-state index contributed by atoms with van der Waals surface area (Å²) >= 11 is 0. The molecule has 1 atom stereocenters. The van der Waals surface area contributed by atoms with Gasteiger partial charge in [-0.05, 0) is 32.1 Å². The highest BCUT2D eigenvalue weighted by Crippen LogP contribution is 2.15. The van der Waals surface area contributed by atoms with Gasteiger partial charge in [0.2, 0.25) is 11.8 Å². The second-order valence-corrected chi connectivity index (χ2v) is 16.3. The molecule has 0 bridgehead atoms. The molecule has 292 valence electrons. The summed E-state index contributed by atoms with van der Waals surface area (Å²) < 4.78 is 0.946. The summed E-state index contributed by atoms with van der Waals surface area (Å²) in [6.45, 7) is 7.24. The molecule has 0 aliphatic rings. The molecule has 1 heterocycles. The van der Waals surface area contributed by atoms with Crippen molar-refractivity contribution in [2.75, 3.05) is 40.8 Å². The summed E-state index contributed by atoms with van der Waals surface area (Å²) in [6, 6.07) is -0.552. The van der Waals surface area contributed by atoms with Gasteiger partial charge in [-0.25, -0.2) is 4.98 Å². The molecule has 7 heteroatoms. The minimum Gasteiger partial charge on any atom is -0.348 e. The van der Waals surface area contributed by atoms with Crippen molar-refractivity contribution in [1.29, 1.82) is 0 Å². The van der Waals surface area contributed by atoms with Crippen LogP contribution >= 0.6 is 0 Å². The lowest BCUT2D eigenvalue weighted by Crippen LogP contribution is -2.50. The van der Waals surface area contributed by atoms with Crippen LogP contribution in [-0.4, -0.2) is 78.0 Å². The summed E-state index contributed by atoms with van der Waals surface area (Å²) in [7, 11) is 6.62. The van der Waals surface area contributed by atoms with Gasteiger partial charge in [0, 0.05) is 37.8 Å². The van der Waals surface area contributed by atoms with Crippen LogP contribution in [-0.2, 0) is 16.0 Å². The Morgan fingerprint density at radius 1 is 0.640 bits per heavy atom. The molecule has 2 N–H and O–H groups in total. The molecule has 1 aromatic rings. The lowest BCUT2D eigenvalue weighted by Gasteiger charge is -2.28. The minimum absolute atomic E-state index is 0.0104. The van der Waals surface area contributed by atoms with Crippen molar-refractivity contribution in [2.45, 2.75) is 206 Å². The maximum Gasteiger partial charge on any atom is 0.245 e. The van der Waals surface area contributed by atoms with E-state index in [1.165, 1.54) is 141 Å². The van der Waals surface area contributed by atoms with E-state index in [-0.39, 0.29) is 11.8 Å². The first kappa shape index (κ1) is 46.1. The normalized spacial score (nSPS) is 12.3. The topological polar surface area (TPSA) is 78.1 Å². The largest absolute Gasteiger partial charge is 0.348 e. The van der Waals surface area contributed by atoms with Gasteiger partial charge < -0.3 is 19.7 Å². The van der Waals surface area contributed by atoms with E-state index in [1.807, 2.05) is 0 Å². The Labute approximate surface area is 310 Å². The van der Waals surface area contributed by atoms with Gasteiger partial charge in [0.05, 0.1) is 34.0 Å². The van der Waals surface area contributed by atoms with Crippen LogP contribution in [0.5, 0.6) is 0 Å². The molecule has 1 rings (SSSR count). The predicted octanol–water partition coefficient (Wildman–Crippen LogP) is 10.9. The van der Waals surface area contributed by atoms with Crippen LogP contribution in [0.3, 0.4) is 0 Å². The number of quaternary nitrogens is 1. The maximum atomic E-state index is 14.1. The van der Waals surface area contributed by atoms with Gasteiger partial charge in [0.1, 0.15) is 6.04 Å². The van der Waals surface area contributed by atoms with Crippen LogP contribution in [0.2, 0.25) is 0 Å². The average molecular weight is 703 g/mol. The van der Waals surface area contributed by atoms with Gasteiger partial charge in [-0.3, -0.25) is 9.59 Å². The number of imidazole rings is 1. The predicted molar refractivity (Wildman–Crippen MR) is 214 cm³/mol. The number of hydrogen-bond donors (Lipinski definition) is 2. The number of rotatable bonds is 36. The smallest absolute Gasteiger partial charge is 0.245 e. The number of nitrogens with zero attached hydrogens (tertiary/aromatic N) is 3. The van der Waals surface area contributed by atoms with Crippen molar-refractivity contribution in [3.05, 3.63) is 18.2 Å². The van der Waals surface area contributed by atoms with Crippen molar-refractivity contribution in [1.82, 2.24) is 20.2 Å². The Hall–Kier alpha value is -1.89. The van der Waals surface area contributed by atoms with Crippen LogP contribution in [0.1, 0.15) is 199 Å². The van der Waals surface area contributed by atoms with Crippen LogP contribution in [0, 0.1) is 0 Å². The second kappa shape index (κ2) is 31.8. The molecule has 0 saturated carbocycles. The monoisotopic (exact) mass is 703 g/mol. The number of nitrogens with one attached hydrogen (secondary N) is 2. The third kappa shape index (κ3) is 27.8. The van der Waals surface area contributed by atoms with E-state index in [1.54, 1.807) is 12.5 Å². The van der Waals surface area contributed by atoms with E-state index >= 15 is 0 Å². The first-order valence-electron chi connectivity index (χ1n) is 21.6. The number of H-pyrrole nitrogens is 1. The Bertz CT molecular complexity index is 870. The Kier molecular flexibility index (Phi) is 29.4. The van der Waals surface area contributed by atoms with Crippen molar-refractivity contribution in [3.8, 4) is 0 Å². The van der Waals surface area contributed by atoms with Gasteiger partial charge in [-0.15, -0.1) is 0 Å². The fraction of sp³-hybridized carbons (Fsp3) is 0.884. The third-order valence-electron chi connectivity index (χ3n) is 10.2. The summed E-state index contributed by atoms with van der Waals surface area (Å²) in [5.74, 6) is 0.0629. The molecule has 2 amide bonds. The van der Waals surface area contributed by atoms with Crippen LogP contribution in [0.15, 0.2) is 12.5 Å². The Balaban J connectivity index is 2.60. The van der Waals surface area contributed by atoms with Crippen LogP contribution < -0.4 is 5.32 Å². The molecule has 7 nitrogen and oxygen atoms in total. The number of aromatic nitrogens is 2. The SMILES string of the molecule is CCCCCCCCCCCCCCN(CCCCCCCCCCCCCC)C(=O)[C@H](Cc1cnc[nH]1)NC(=O)CCCCC[N+](C)(C)C. The maximum absolute atomic E-state index is 14.1. The number of aromatic amines is 1. The molecule has 0 radical (unpaired) electrons. The minimum atomic E-state index is -0.552. The number of carbonyl (C=O) groups is 2. The zero-order valence-electron chi connectivity index (χ0n) is 34.0. The van der Waals surface area contributed by atoms with E-state index < -0.39 is 6.04 Å². The summed E-state index contributed by atoms with van der Waals surface area (Å²) in [5, 5.41) is 3.15. The van der Waals surface area contributed by atoms with E-state index in [9.17, 15) is 9.59 Å². The molecule has 0 aromatic carbocycles. The first-order valence-corrected chi connectivity index (χ1v) is 21.6. The highest BCUT2D eigenvalue weighted by atomic mass is 16.2. The molecule has 0 spiro atoms. The quantitative estimate of drug-likeness (QED) is 0.0540. The van der Waals surface area contributed by atoms with Crippen molar-refractivity contribution in [2.24, 2.45) is 0 Å². The van der Waals surface area contributed by atoms with Gasteiger partial charge in [-0.1, -0.05) is 155 Å². The van der Waals surface area contributed by atoms with Gasteiger partial charge in [0.25, 0.3) is 0 Å². The molecular formula is C43H84N5O2+. The summed E-state index contributed by atoms with van der Waals surface area (Å²) in [4.78, 5) is 36.7. The second-order valence-electron chi connectivity index (χ2n) is 16.3. The van der Waals surface area contributed by atoms with Gasteiger partial charge in [-0.2, -0.15) is 0 Å². The fourth-order valence-electron chi connectivity index (χ4n) is 6.97. The van der Waals surface area contributed by atoms with E-state index in [2.05, 4.69) is 55.2 Å². The first-order chi connectivity index (χ1) is 24.3. The van der Waals surface area contributed by atoms with Crippen molar-refractivity contribution >= 4 is 11.8 Å². The Morgan fingerprint density at radius 2 is 1.06 bits per heavy atom. The number of unbranched alkanes of at least 4 members (excludes halogenated alkanes) is 24. The molecule has 0 fully saturated rings. The van der Waals surface area contributed by atoms with E-state index in [0.717, 1.165) is 61.9 Å². The fourth-order valence-corrected chi connectivity index (χ4v) is 6.97. The summed E-state index contributed by atoms with van der Waals surface area (Å²) in [5.41, 5.74) is 0.891. The van der Waals surface area contributed by atoms with E-state index in [0.29, 0.717) is 12.8 Å². The van der Waals surface area contributed by atoms with Gasteiger partial charge >= 0.3 is 0 Å². The van der Waals surface area contributed by atoms with E-state index in [4.69, 9.17) is 0 Å². The van der Waals surface area contributed by atoms with Crippen LogP contribution in [0.25, 0.3) is 0 Å².